The zero-order valence-corrected chi connectivity index (χ0v) is 13.9. The van der Waals surface area contributed by atoms with Crippen molar-refractivity contribution in [2.45, 2.75) is 31.2 Å². The third-order valence-corrected chi connectivity index (χ3v) is 6.64. The summed E-state index contributed by atoms with van der Waals surface area (Å²) in [5.74, 6) is 0. The monoisotopic (exact) mass is 338 g/mol. The second kappa shape index (κ2) is 6.45. The third kappa shape index (κ3) is 3.38. The molecule has 0 aliphatic carbocycles. The standard InChI is InChI=1S/C15H18N2O3S2/c1-11-14(7-8-20-11)22(18,19)16-9-13-10-21-15(17-13)12-5-3-2-4-6-12/h2-6,10-11,14,16H,7-9H2,1H3/t11-,14-/m0/s1. The van der Waals surface area contributed by atoms with Gasteiger partial charge in [0.15, 0.2) is 0 Å². The first-order valence-corrected chi connectivity index (χ1v) is 9.59. The Labute approximate surface area is 134 Å². The van der Waals surface area contributed by atoms with Crippen LogP contribution < -0.4 is 4.72 Å². The lowest BCUT2D eigenvalue weighted by Crippen LogP contribution is -2.37. The maximum absolute atomic E-state index is 12.3. The van der Waals surface area contributed by atoms with Gasteiger partial charge in [-0.2, -0.15) is 0 Å². The van der Waals surface area contributed by atoms with E-state index in [9.17, 15) is 8.42 Å². The molecule has 1 fully saturated rings. The molecule has 7 heteroatoms. The predicted molar refractivity (Wildman–Crippen MR) is 87.1 cm³/mol. The molecule has 0 saturated carbocycles. The Morgan fingerprint density at radius 2 is 2.14 bits per heavy atom. The lowest BCUT2D eigenvalue weighted by molar-refractivity contribution is 0.126. The average molecular weight is 338 g/mol. The van der Waals surface area contributed by atoms with Crippen molar-refractivity contribution in [1.82, 2.24) is 9.71 Å². The summed E-state index contributed by atoms with van der Waals surface area (Å²) < 4.78 is 32.5. The minimum Gasteiger partial charge on any atom is -0.377 e. The summed E-state index contributed by atoms with van der Waals surface area (Å²) in [5.41, 5.74) is 1.78. The fraction of sp³-hybridized carbons (Fsp3) is 0.400. The summed E-state index contributed by atoms with van der Waals surface area (Å²) in [6.45, 7) is 2.52. The fourth-order valence-electron chi connectivity index (χ4n) is 2.50. The Bertz CT molecular complexity index is 728. The Kier molecular flexibility index (Phi) is 4.58. The van der Waals surface area contributed by atoms with E-state index in [1.54, 1.807) is 6.92 Å². The Hall–Kier alpha value is -1.28. The van der Waals surface area contributed by atoms with Gasteiger partial charge in [0.1, 0.15) is 10.3 Å². The van der Waals surface area contributed by atoms with Gasteiger partial charge in [-0.3, -0.25) is 0 Å². The molecule has 1 N–H and O–H groups in total. The number of sulfonamides is 1. The van der Waals surface area contributed by atoms with Gasteiger partial charge in [-0.25, -0.2) is 18.1 Å². The van der Waals surface area contributed by atoms with Gasteiger partial charge >= 0.3 is 0 Å². The summed E-state index contributed by atoms with van der Waals surface area (Å²) >= 11 is 1.52. The van der Waals surface area contributed by atoms with Crippen LogP contribution in [0.3, 0.4) is 0 Å². The van der Waals surface area contributed by atoms with E-state index in [1.807, 2.05) is 35.7 Å². The highest BCUT2D eigenvalue weighted by Crippen LogP contribution is 2.24. The molecule has 1 saturated heterocycles. The first-order chi connectivity index (χ1) is 10.6. The van der Waals surface area contributed by atoms with Crippen molar-refractivity contribution in [2.75, 3.05) is 6.61 Å². The van der Waals surface area contributed by atoms with E-state index in [0.717, 1.165) is 16.3 Å². The van der Waals surface area contributed by atoms with Crippen LogP contribution in [0, 0.1) is 0 Å². The molecule has 2 aromatic rings. The number of nitrogens with one attached hydrogen (secondary N) is 1. The van der Waals surface area contributed by atoms with Crippen LogP contribution in [0.15, 0.2) is 35.7 Å². The van der Waals surface area contributed by atoms with Gasteiger partial charge < -0.3 is 4.74 Å². The fourth-order valence-corrected chi connectivity index (χ4v) is 4.88. The molecule has 118 valence electrons. The number of ether oxygens (including phenoxy) is 1. The smallest absolute Gasteiger partial charge is 0.217 e. The Morgan fingerprint density at radius 1 is 1.36 bits per heavy atom. The summed E-state index contributed by atoms with van der Waals surface area (Å²) in [4.78, 5) is 4.49. The molecule has 1 aromatic heterocycles. The minimum absolute atomic E-state index is 0.217. The van der Waals surface area contributed by atoms with Gasteiger partial charge in [-0.1, -0.05) is 30.3 Å². The third-order valence-electron chi connectivity index (χ3n) is 3.73. The molecular formula is C15H18N2O3S2. The number of hydrogen-bond acceptors (Lipinski definition) is 5. The number of benzene rings is 1. The number of nitrogens with zero attached hydrogens (tertiary/aromatic N) is 1. The van der Waals surface area contributed by atoms with Crippen molar-refractivity contribution < 1.29 is 13.2 Å². The summed E-state index contributed by atoms with van der Waals surface area (Å²) in [6.07, 6.45) is 0.288. The first-order valence-electron chi connectivity index (χ1n) is 7.16. The predicted octanol–water partition coefficient (Wildman–Crippen LogP) is 2.41. The maximum atomic E-state index is 12.3. The molecule has 0 spiro atoms. The van der Waals surface area contributed by atoms with E-state index in [1.165, 1.54) is 11.3 Å². The van der Waals surface area contributed by atoms with Gasteiger partial charge in [0.05, 0.1) is 18.3 Å². The second-order valence-corrected chi connectivity index (χ2v) is 8.12. The van der Waals surface area contributed by atoms with Gasteiger partial charge in [-0.15, -0.1) is 11.3 Å². The van der Waals surface area contributed by atoms with Crippen molar-refractivity contribution in [3.05, 3.63) is 41.4 Å². The number of rotatable bonds is 5. The van der Waals surface area contributed by atoms with Crippen LogP contribution in [0.1, 0.15) is 19.0 Å². The van der Waals surface area contributed by atoms with Crippen LogP contribution in [0.4, 0.5) is 0 Å². The average Bonchev–Trinajstić information content (AvgIpc) is 3.15. The molecule has 1 aliphatic heterocycles. The van der Waals surface area contributed by atoms with E-state index in [4.69, 9.17) is 4.74 Å². The summed E-state index contributed by atoms with van der Waals surface area (Å²) in [6, 6.07) is 9.85. The molecule has 2 heterocycles. The second-order valence-electron chi connectivity index (χ2n) is 5.28. The number of hydrogen-bond donors (Lipinski definition) is 1. The molecule has 0 amide bonds. The van der Waals surface area contributed by atoms with E-state index < -0.39 is 15.3 Å². The molecule has 0 radical (unpaired) electrons. The highest BCUT2D eigenvalue weighted by Gasteiger charge is 2.35. The normalized spacial score (nSPS) is 22.0. The zero-order valence-electron chi connectivity index (χ0n) is 12.2. The number of aromatic nitrogens is 1. The molecule has 2 atom stereocenters. The quantitative estimate of drug-likeness (QED) is 0.909. The van der Waals surface area contributed by atoms with Crippen LogP contribution in [-0.4, -0.2) is 31.4 Å². The van der Waals surface area contributed by atoms with Crippen LogP contribution in [0.25, 0.3) is 10.6 Å². The van der Waals surface area contributed by atoms with Crippen molar-refractivity contribution in [2.24, 2.45) is 0 Å². The lowest BCUT2D eigenvalue weighted by Gasteiger charge is -2.15. The van der Waals surface area contributed by atoms with Crippen molar-refractivity contribution in [1.29, 1.82) is 0 Å². The largest absolute Gasteiger partial charge is 0.377 e. The Morgan fingerprint density at radius 3 is 2.82 bits per heavy atom. The first kappa shape index (κ1) is 15.6. The Balaban J connectivity index is 1.66. The van der Waals surface area contributed by atoms with E-state index in [0.29, 0.717) is 13.0 Å². The van der Waals surface area contributed by atoms with Crippen LogP contribution >= 0.6 is 11.3 Å². The van der Waals surface area contributed by atoms with Crippen LogP contribution in [-0.2, 0) is 21.3 Å². The molecule has 1 aromatic carbocycles. The van der Waals surface area contributed by atoms with Crippen LogP contribution in [0.5, 0.6) is 0 Å². The van der Waals surface area contributed by atoms with Crippen LogP contribution in [0.2, 0.25) is 0 Å². The molecule has 0 unspecified atom stereocenters. The molecule has 3 rings (SSSR count). The van der Waals surface area contributed by atoms with Gasteiger partial charge in [0.25, 0.3) is 0 Å². The maximum Gasteiger partial charge on any atom is 0.217 e. The zero-order chi connectivity index (χ0) is 15.6. The van der Waals surface area contributed by atoms with Gasteiger partial charge in [0, 0.05) is 17.6 Å². The molecule has 0 bridgehead atoms. The van der Waals surface area contributed by atoms with E-state index in [2.05, 4.69) is 9.71 Å². The molecular weight excluding hydrogens is 320 g/mol. The molecule has 22 heavy (non-hydrogen) atoms. The summed E-state index contributed by atoms with van der Waals surface area (Å²) in [7, 11) is -3.37. The number of thiazole rings is 1. The van der Waals surface area contributed by atoms with Gasteiger partial charge in [0.2, 0.25) is 10.0 Å². The van der Waals surface area contributed by atoms with E-state index in [-0.39, 0.29) is 12.6 Å². The topological polar surface area (TPSA) is 68.3 Å². The molecule has 5 nitrogen and oxygen atoms in total. The minimum atomic E-state index is -3.37. The summed E-state index contributed by atoms with van der Waals surface area (Å²) in [5, 5.41) is 2.31. The lowest BCUT2D eigenvalue weighted by atomic mass is 10.2. The highest BCUT2D eigenvalue weighted by molar-refractivity contribution is 7.90. The van der Waals surface area contributed by atoms with Gasteiger partial charge in [-0.05, 0) is 13.3 Å². The van der Waals surface area contributed by atoms with Crippen molar-refractivity contribution in [3.8, 4) is 10.6 Å². The molecule has 1 aliphatic rings. The highest BCUT2D eigenvalue weighted by atomic mass is 32.2. The SMILES string of the molecule is C[C@@H]1OCC[C@@H]1S(=O)(=O)NCc1csc(-c2ccccc2)n1. The van der Waals surface area contributed by atoms with Crippen molar-refractivity contribution >= 4 is 21.4 Å². The van der Waals surface area contributed by atoms with E-state index >= 15 is 0 Å². The van der Waals surface area contributed by atoms with Crippen molar-refractivity contribution in [3.63, 3.8) is 0 Å².